The van der Waals surface area contributed by atoms with E-state index in [9.17, 15) is 4.79 Å². The highest BCUT2D eigenvalue weighted by Crippen LogP contribution is 2.32. The third-order valence-corrected chi connectivity index (χ3v) is 7.08. The largest absolute Gasteiger partial charge is 0.497 e. The van der Waals surface area contributed by atoms with Crippen LogP contribution in [0.2, 0.25) is 0 Å². The summed E-state index contributed by atoms with van der Waals surface area (Å²) in [6.45, 7) is 11.5. The predicted molar refractivity (Wildman–Crippen MR) is 142 cm³/mol. The molecule has 3 aromatic rings. The fraction of sp³-hybridized carbons (Fsp3) is 0.462. The Bertz CT molecular complexity index is 1090. The van der Waals surface area contributed by atoms with Crippen LogP contribution >= 0.6 is 23.7 Å². The van der Waals surface area contributed by atoms with Crippen molar-refractivity contribution in [2.24, 2.45) is 0 Å². The SMILES string of the molecule is COc1ccc2sc(N(CCCN3CCOCC3)C(=O)c3ccc(C(C)(C)C)cc3)nc2c1.Cl. The van der Waals surface area contributed by atoms with Crippen molar-refractivity contribution in [1.82, 2.24) is 9.88 Å². The summed E-state index contributed by atoms with van der Waals surface area (Å²) >= 11 is 1.55. The van der Waals surface area contributed by atoms with E-state index in [0.717, 1.165) is 60.4 Å². The zero-order valence-electron chi connectivity index (χ0n) is 20.4. The molecule has 34 heavy (non-hydrogen) atoms. The van der Waals surface area contributed by atoms with Gasteiger partial charge in [0.05, 0.1) is 30.5 Å². The maximum Gasteiger partial charge on any atom is 0.260 e. The highest BCUT2D eigenvalue weighted by molar-refractivity contribution is 7.22. The van der Waals surface area contributed by atoms with Crippen molar-refractivity contribution >= 4 is 45.0 Å². The molecule has 184 valence electrons. The summed E-state index contributed by atoms with van der Waals surface area (Å²) in [4.78, 5) is 22.7. The van der Waals surface area contributed by atoms with Crippen LogP contribution in [-0.2, 0) is 10.2 Å². The van der Waals surface area contributed by atoms with Gasteiger partial charge in [-0.3, -0.25) is 14.6 Å². The second-order valence-corrected chi connectivity index (χ2v) is 10.4. The molecule has 2 heterocycles. The Morgan fingerprint density at radius 1 is 1.15 bits per heavy atom. The van der Waals surface area contributed by atoms with E-state index < -0.39 is 0 Å². The average Bonchev–Trinajstić information content (AvgIpc) is 3.24. The van der Waals surface area contributed by atoms with Crippen molar-refractivity contribution in [2.75, 3.05) is 51.4 Å². The maximum absolute atomic E-state index is 13.6. The lowest BCUT2D eigenvalue weighted by Gasteiger charge is -2.28. The Kier molecular flexibility index (Phi) is 8.93. The summed E-state index contributed by atoms with van der Waals surface area (Å²) in [6.07, 6.45) is 0.880. The number of halogens is 1. The number of ether oxygens (including phenoxy) is 2. The summed E-state index contributed by atoms with van der Waals surface area (Å²) in [5.41, 5.74) is 2.80. The van der Waals surface area contributed by atoms with E-state index in [-0.39, 0.29) is 23.7 Å². The number of rotatable bonds is 7. The van der Waals surface area contributed by atoms with E-state index in [1.54, 1.807) is 18.4 Å². The van der Waals surface area contributed by atoms with Crippen LogP contribution in [0.3, 0.4) is 0 Å². The Morgan fingerprint density at radius 3 is 2.50 bits per heavy atom. The van der Waals surface area contributed by atoms with Crippen molar-refractivity contribution in [2.45, 2.75) is 32.6 Å². The van der Waals surface area contributed by atoms with Gasteiger partial charge in [0.1, 0.15) is 5.75 Å². The number of carbonyl (C=O) groups excluding carboxylic acids is 1. The number of nitrogens with zero attached hydrogens (tertiary/aromatic N) is 3. The third kappa shape index (κ3) is 6.27. The molecule has 0 unspecified atom stereocenters. The number of benzene rings is 2. The summed E-state index contributed by atoms with van der Waals surface area (Å²) in [6, 6.07) is 13.8. The predicted octanol–water partition coefficient (Wildman–Crippen LogP) is 5.39. The smallest absolute Gasteiger partial charge is 0.260 e. The molecule has 1 aliphatic rings. The molecular weight excluding hydrogens is 470 g/mol. The lowest BCUT2D eigenvalue weighted by Crippen LogP contribution is -2.39. The number of methoxy groups -OCH3 is 1. The molecule has 1 aromatic heterocycles. The van der Waals surface area contributed by atoms with Gasteiger partial charge in [-0.05, 0) is 41.7 Å². The normalized spacial score (nSPS) is 14.6. The lowest BCUT2D eigenvalue weighted by molar-refractivity contribution is 0.0376. The minimum Gasteiger partial charge on any atom is -0.497 e. The molecule has 0 radical (unpaired) electrons. The van der Waals surface area contributed by atoms with Gasteiger partial charge in [0.2, 0.25) is 0 Å². The van der Waals surface area contributed by atoms with Crippen molar-refractivity contribution in [3.8, 4) is 5.75 Å². The maximum atomic E-state index is 13.6. The van der Waals surface area contributed by atoms with Gasteiger partial charge in [0, 0.05) is 37.8 Å². The molecular formula is C26H34ClN3O3S. The van der Waals surface area contributed by atoms with Crippen molar-refractivity contribution in [3.63, 3.8) is 0 Å². The zero-order chi connectivity index (χ0) is 23.4. The number of aromatic nitrogens is 1. The summed E-state index contributed by atoms with van der Waals surface area (Å²) < 4.78 is 11.8. The molecule has 1 amide bonds. The molecule has 0 N–H and O–H groups in total. The van der Waals surface area contributed by atoms with Crippen LogP contribution in [-0.4, -0.2) is 62.3 Å². The van der Waals surface area contributed by atoms with E-state index >= 15 is 0 Å². The van der Waals surface area contributed by atoms with Crippen LogP contribution in [0.25, 0.3) is 10.2 Å². The van der Waals surface area contributed by atoms with Crippen LogP contribution < -0.4 is 9.64 Å². The second kappa shape index (κ2) is 11.5. The topological polar surface area (TPSA) is 54.9 Å². The van der Waals surface area contributed by atoms with Crippen LogP contribution in [0.4, 0.5) is 5.13 Å². The number of anilines is 1. The fourth-order valence-electron chi connectivity index (χ4n) is 3.97. The number of hydrogen-bond donors (Lipinski definition) is 0. The number of fused-ring (bicyclic) bond motifs is 1. The number of morpholine rings is 1. The molecule has 2 aromatic carbocycles. The quantitative estimate of drug-likeness (QED) is 0.432. The Labute approximate surface area is 212 Å². The number of thiazole rings is 1. The molecule has 0 aliphatic carbocycles. The minimum atomic E-state index is -0.0107. The van der Waals surface area contributed by atoms with Crippen molar-refractivity contribution in [3.05, 3.63) is 53.6 Å². The van der Waals surface area contributed by atoms with Gasteiger partial charge in [-0.25, -0.2) is 4.98 Å². The second-order valence-electron chi connectivity index (χ2n) is 9.42. The highest BCUT2D eigenvalue weighted by atomic mass is 35.5. The summed E-state index contributed by atoms with van der Waals surface area (Å²) in [5.74, 6) is 0.755. The standard InChI is InChI=1S/C26H33N3O3S.ClH/c1-26(2,3)20-8-6-19(7-9-20)24(30)29(13-5-12-28-14-16-32-17-15-28)25-27-22-18-21(31-4)10-11-23(22)33-25;/h6-11,18H,5,12-17H2,1-4H3;1H. The summed E-state index contributed by atoms with van der Waals surface area (Å²) in [5, 5.41) is 0.727. The fourth-order valence-corrected chi connectivity index (χ4v) is 4.94. The molecule has 8 heteroatoms. The van der Waals surface area contributed by atoms with E-state index in [1.165, 1.54) is 5.56 Å². The number of carbonyl (C=O) groups is 1. The zero-order valence-corrected chi connectivity index (χ0v) is 22.0. The summed E-state index contributed by atoms with van der Waals surface area (Å²) in [7, 11) is 1.65. The van der Waals surface area contributed by atoms with Gasteiger partial charge in [0.15, 0.2) is 5.13 Å². The average molecular weight is 504 g/mol. The Morgan fingerprint density at radius 2 is 1.85 bits per heavy atom. The first-order valence-electron chi connectivity index (χ1n) is 11.5. The lowest BCUT2D eigenvalue weighted by atomic mass is 9.86. The first-order chi connectivity index (χ1) is 15.8. The molecule has 0 atom stereocenters. The Balaban J connectivity index is 0.00000324. The van der Waals surface area contributed by atoms with E-state index in [0.29, 0.717) is 12.1 Å². The number of hydrogen-bond acceptors (Lipinski definition) is 6. The van der Waals surface area contributed by atoms with Crippen LogP contribution in [0.5, 0.6) is 5.75 Å². The van der Waals surface area contributed by atoms with Crippen LogP contribution in [0.1, 0.15) is 43.1 Å². The first-order valence-corrected chi connectivity index (χ1v) is 12.3. The molecule has 1 fully saturated rings. The van der Waals surface area contributed by atoms with E-state index in [2.05, 4.69) is 37.8 Å². The van der Waals surface area contributed by atoms with Crippen molar-refractivity contribution in [1.29, 1.82) is 0 Å². The third-order valence-electron chi connectivity index (χ3n) is 6.02. The van der Waals surface area contributed by atoms with E-state index in [4.69, 9.17) is 14.5 Å². The monoisotopic (exact) mass is 503 g/mol. The first kappa shape index (κ1) is 26.4. The van der Waals surface area contributed by atoms with Crippen LogP contribution in [0, 0.1) is 0 Å². The molecule has 0 bridgehead atoms. The van der Waals surface area contributed by atoms with Gasteiger partial charge < -0.3 is 9.47 Å². The van der Waals surface area contributed by atoms with E-state index in [1.807, 2.05) is 35.2 Å². The van der Waals surface area contributed by atoms with Gasteiger partial charge in [-0.15, -0.1) is 12.4 Å². The molecule has 6 nitrogen and oxygen atoms in total. The highest BCUT2D eigenvalue weighted by Gasteiger charge is 2.23. The molecule has 1 saturated heterocycles. The van der Waals surface area contributed by atoms with Gasteiger partial charge in [0.25, 0.3) is 5.91 Å². The molecule has 4 rings (SSSR count). The van der Waals surface area contributed by atoms with Gasteiger partial charge in [-0.1, -0.05) is 44.2 Å². The minimum absolute atomic E-state index is 0. The van der Waals surface area contributed by atoms with Crippen molar-refractivity contribution < 1.29 is 14.3 Å². The Hall–Kier alpha value is -2.19. The van der Waals surface area contributed by atoms with Crippen LogP contribution in [0.15, 0.2) is 42.5 Å². The molecule has 0 spiro atoms. The van der Waals surface area contributed by atoms with Gasteiger partial charge >= 0.3 is 0 Å². The number of amides is 1. The molecule has 1 aliphatic heterocycles. The van der Waals surface area contributed by atoms with Gasteiger partial charge in [-0.2, -0.15) is 0 Å². The molecule has 0 saturated carbocycles.